The molecule has 0 saturated heterocycles. The molecule has 2 aliphatic heterocycles. The normalized spacial score (nSPS) is 17.6. The van der Waals surface area contributed by atoms with Gasteiger partial charge in [-0.25, -0.2) is 0 Å². The Bertz CT molecular complexity index is 4090. The predicted molar refractivity (Wildman–Crippen MR) is 268 cm³/mol. The number of para-hydroxylation sites is 3. The summed E-state index contributed by atoms with van der Waals surface area (Å²) in [6.07, 6.45) is 0. The van der Waals surface area contributed by atoms with Crippen molar-refractivity contribution in [2.75, 3.05) is 0 Å². The highest BCUT2D eigenvalue weighted by molar-refractivity contribution is 7.86. The maximum absolute atomic E-state index is 16.3. The van der Waals surface area contributed by atoms with Crippen LogP contribution in [0, 0.1) is 0 Å². The Balaban J connectivity index is 1.12. The van der Waals surface area contributed by atoms with Crippen LogP contribution < -0.4 is 15.9 Å². The van der Waals surface area contributed by atoms with E-state index >= 15 is 4.57 Å². The number of hydrogen-bond acceptors (Lipinski definition) is 1. The van der Waals surface area contributed by atoms with E-state index in [2.05, 4.69) is 199 Å². The molecule has 3 heteroatoms. The molecule has 0 N–H and O–H groups in total. The molecule has 296 valence electrons. The first kappa shape index (κ1) is 34.8. The summed E-state index contributed by atoms with van der Waals surface area (Å²) in [4.78, 5) is 0. The van der Waals surface area contributed by atoms with Crippen LogP contribution >= 0.6 is 7.14 Å². The first-order valence-electron chi connectivity index (χ1n) is 22.2. The van der Waals surface area contributed by atoms with Gasteiger partial charge in [0.1, 0.15) is 0 Å². The molecule has 12 aromatic rings. The molecular formula is C61H36NOP. The summed E-state index contributed by atoms with van der Waals surface area (Å²) in [5.74, 6) is 0. The van der Waals surface area contributed by atoms with Crippen LogP contribution in [0.15, 0.2) is 218 Å². The molecule has 0 amide bonds. The van der Waals surface area contributed by atoms with Gasteiger partial charge < -0.3 is 9.13 Å². The second-order valence-electron chi connectivity index (χ2n) is 17.8. The Morgan fingerprint density at radius 3 is 1.77 bits per heavy atom. The zero-order valence-electron chi connectivity index (χ0n) is 34.6. The molecule has 0 radical (unpaired) electrons. The standard InChI is InChI=1S/C61H36NOP/c63-64(38-16-2-1-3-17-38)57-31-13-9-23-46(57)49-35-54-50(36-58(49)64)59-39(37-32-33-44-42-20-5-4-18-40(42)41-19-6-7-21-43(41)48(44)34-37)24-14-27-52(59)61(54)51-26-10-12-30-56(51)62-55-29-11-8-22-45(55)47-25-15-28-53(61)60(47)62/h1-36H/t61?,64-/m0/s1. The Labute approximate surface area is 369 Å². The summed E-state index contributed by atoms with van der Waals surface area (Å²) in [7, 11) is -3.26. The lowest BCUT2D eigenvalue weighted by Crippen LogP contribution is -2.33. The van der Waals surface area contributed by atoms with Crippen LogP contribution in [0.25, 0.3) is 93.2 Å². The molecule has 3 aliphatic rings. The molecule has 0 bridgehead atoms. The van der Waals surface area contributed by atoms with Crippen molar-refractivity contribution >= 4 is 77.2 Å². The van der Waals surface area contributed by atoms with Crippen molar-refractivity contribution in [2.45, 2.75) is 5.41 Å². The van der Waals surface area contributed by atoms with Crippen molar-refractivity contribution in [3.05, 3.63) is 241 Å². The zero-order chi connectivity index (χ0) is 41.9. The minimum atomic E-state index is -3.26. The van der Waals surface area contributed by atoms with Crippen molar-refractivity contribution in [2.24, 2.45) is 0 Å². The molecule has 1 unspecified atom stereocenters. The molecule has 64 heavy (non-hydrogen) atoms. The highest BCUT2D eigenvalue weighted by Gasteiger charge is 2.53. The van der Waals surface area contributed by atoms with Gasteiger partial charge in [-0.05, 0) is 118 Å². The number of nitrogens with zero attached hydrogens (tertiary/aromatic N) is 1. The van der Waals surface area contributed by atoms with Gasteiger partial charge in [0.25, 0.3) is 0 Å². The summed E-state index contributed by atoms with van der Waals surface area (Å²) in [5, 5.41) is 12.8. The molecule has 0 fully saturated rings. The van der Waals surface area contributed by atoms with Crippen LogP contribution in [-0.4, -0.2) is 4.57 Å². The number of fused-ring (bicyclic) bond motifs is 21. The maximum Gasteiger partial charge on any atom is 0.172 e. The van der Waals surface area contributed by atoms with Crippen molar-refractivity contribution in [3.8, 4) is 39.1 Å². The fraction of sp³-hybridized carbons (Fsp3) is 0.0164. The molecule has 2 nitrogen and oxygen atoms in total. The SMILES string of the molecule is O=[P@@]1(c2ccccc2)c2ccccc2-c2cc3c(cc21)-c1c(-c2ccc4c5ccccc5c5ccccc5c4c2)cccc1C31c2ccccc2-n2c3ccccc3c3cccc1c32. The Kier molecular flexibility index (Phi) is 6.65. The minimum absolute atomic E-state index is 0.676. The second-order valence-corrected chi connectivity index (χ2v) is 20.5. The molecule has 0 saturated carbocycles. The number of rotatable bonds is 2. The summed E-state index contributed by atoms with van der Waals surface area (Å²) < 4.78 is 18.8. The van der Waals surface area contributed by atoms with E-state index in [1.165, 1.54) is 98.8 Å². The van der Waals surface area contributed by atoms with Gasteiger partial charge >= 0.3 is 0 Å². The third kappa shape index (κ3) is 4.07. The summed E-state index contributed by atoms with van der Waals surface area (Å²) in [5.41, 5.74) is 14.8. The van der Waals surface area contributed by atoms with Crippen LogP contribution in [0.1, 0.15) is 22.3 Å². The van der Waals surface area contributed by atoms with Crippen molar-refractivity contribution in [3.63, 3.8) is 0 Å². The van der Waals surface area contributed by atoms with Crippen LogP contribution in [0.5, 0.6) is 0 Å². The van der Waals surface area contributed by atoms with Gasteiger partial charge in [-0.2, -0.15) is 0 Å². The highest BCUT2D eigenvalue weighted by Crippen LogP contribution is 2.64. The van der Waals surface area contributed by atoms with Crippen LogP contribution in [0.4, 0.5) is 0 Å². The lowest BCUT2D eigenvalue weighted by molar-refractivity contribution is 0.593. The molecular weight excluding hydrogens is 794 g/mol. The summed E-state index contributed by atoms with van der Waals surface area (Å²) >= 11 is 0. The number of benzene rings is 11. The van der Waals surface area contributed by atoms with Crippen molar-refractivity contribution in [1.29, 1.82) is 0 Å². The Hall–Kier alpha value is -7.77. The monoisotopic (exact) mass is 829 g/mol. The Morgan fingerprint density at radius 2 is 0.953 bits per heavy atom. The average Bonchev–Trinajstić information content (AvgIpc) is 3.95. The van der Waals surface area contributed by atoms with E-state index in [-0.39, 0.29) is 0 Å². The summed E-state index contributed by atoms with van der Waals surface area (Å²) in [6.45, 7) is 0. The molecule has 1 spiro atoms. The lowest BCUT2D eigenvalue weighted by Gasteiger charge is -2.39. The predicted octanol–water partition coefficient (Wildman–Crippen LogP) is 14.2. The van der Waals surface area contributed by atoms with E-state index in [0.29, 0.717) is 0 Å². The molecule has 1 aromatic heterocycles. The number of aromatic nitrogens is 1. The van der Waals surface area contributed by atoms with Gasteiger partial charge in [0.05, 0.1) is 22.1 Å². The van der Waals surface area contributed by atoms with Gasteiger partial charge in [0.2, 0.25) is 0 Å². The van der Waals surface area contributed by atoms with Crippen LogP contribution in [-0.2, 0) is 9.98 Å². The van der Waals surface area contributed by atoms with Crippen LogP contribution in [0.2, 0.25) is 0 Å². The van der Waals surface area contributed by atoms with Gasteiger partial charge in [0.15, 0.2) is 7.14 Å². The first-order chi connectivity index (χ1) is 31.7. The van der Waals surface area contributed by atoms with Gasteiger partial charge in [0, 0.05) is 26.7 Å². The smallest absolute Gasteiger partial charge is 0.172 e. The quantitative estimate of drug-likeness (QED) is 0.126. The largest absolute Gasteiger partial charge is 0.309 e. The van der Waals surface area contributed by atoms with E-state index in [4.69, 9.17) is 0 Å². The van der Waals surface area contributed by atoms with E-state index in [9.17, 15) is 0 Å². The topological polar surface area (TPSA) is 22.0 Å². The first-order valence-corrected chi connectivity index (χ1v) is 23.9. The highest BCUT2D eigenvalue weighted by atomic mass is 31.2. The van der Waals surface area contributed by atoms with Gasteiger partial charge in [-0.3, -0.25) is 0 Å². The van der Waals surface area contributed by atoms with E-state index in [0.717, 1.165) is 32.6 Å². The Morgan fingerprint density at radius 1 is 0.359 bits per heavy atom. The molecule has 1 aliphatic carbocycles. The molecule has 11 aromatic carbocycles. The zero-order valence-corrected chi connectivity index (χ0v) is 35.5. The average molecular weight is 830 g/mol. The fourth-order valence-electron chi connectivity index (χ4n) is 12.5. The van der Waals surface area contributed by atoms with Gasteiger partial charge in [-0.15, -0.1) is 0 Å². The molecule has 15 rings (SSSR count). The van der Waals surface area contributed by atoms with Gasteiger partial charge in [-0.1, -0.05) is 188 Å². The third-order valence-electron chi connectivity index (χ3n) is 15.0. The lowest BCUT2D eigenvalue weighted by atomic mass is 9.65. The van der Waals surface area contributed by atoms with Crippen LogP contribution in [0.3, 0.4) is 0 Å². The van der Waals surface area contributed by atoms with Crippen molar-refractivity contribution in [1.82, 2.24) is 4.57 Å². The second kappa shape index (κ2) is 12.2. The molecule has 2 atom stereocenters. The van der Waals surface area contributed by atoms with E-state index in [1.54, 1.807) is 0 Å². The van der Waals surface area contributed by atoms with E-state index < -0.39 is 12.6 Å². The summed E-state index contributed by atoms with van der Waals surface area (Å²) in [6, 6.07) is 80.0. The fourth-order valence-corrected chi connectivity index (χ4v) is 15.6. The van der Waals surface area contributed by atoms with Crippen molar-refractivity contribution < 1.29 is 4.57 Å². The van der Waals surface area contributed by atoms with E-state index in [1.807, 2.05) is 24.3 Å². The maximum atomic E-state index is 16.3. The number of hydrogen-bond donors (Lipinski definition) is 0. The third-order valence-corrected chi connectivity index (χ3v) is 18.1. The minimum Gasteiger partial charge on any atom is -0.309 e. The molecule has 3 heterocycles.